The molecule has 0 atom stereocenters. The topological polar surface area (TPSA) is 39.2 Å². The van der Waals surface area contributed by atoms with E-state index in [2.05, 4.69) is 24.0 Å². The molecule has 108 valence electrons. The number of H-pyrrole nitrogens is 1. The first-order valence-corrected chi connectivity index (χ1v) is 6.98. The van der Waals surface area contributed by atoms with E-state index in [1.54, 1.807) is 14.2 Å². The van der Waals surface area contributed by atoms with Crippen molar-refractivity contribution in [2.24, 2.45) is 0 Å². The van der Waals surface area contributed by atoms with Crippen LogP contribution in [0.2, 0.25) is 0 Å². The van der Waals surface area contributed by atoms with Gasteiger partial charge in [0.25, 0.3) is 0 Å². The van der Waals surface area contributed by atoms with Crippen LogP contribution >= 0.6 is 12.2 Å². The van der Waals surface area contributed by atoms with Gasteiger partial charge in [0.1, 0.15) is 0 Å². The van der Waals surface area contributed by atoms with Crippen LogP contribution in [0.1, 0.15) is 5.56 Å². The van der Waals surface area contributed by atoms with Crippen LogP contribution in [0.15, 0.2) is 36.4 Å². The number of ether oxygens (including phenoxy) is 2. The summed E-state index contributed by atoms with van der Waals surface area (Å²) in [6.45, 7) is 2.06. The number of nitrogens with zero attached hydrogens (tertiary/aromatic N) is 1. The van der Waals surface area contributed by atoms with Crippen LogP contribution in [0.5, 0.6) is 11.5 Å². The van der Waals surface area contributed by atoms with Crippen LogP contribution in [0.3, 0.4) is 0 Å². The van der Waals surface area contributed by atoms with Crippen molar-refractivity contribution in [3.05, 3.63) is 46.7 Å². The molecule has 0 aliphatic heterocycles. The lowest BCUT2D eigenvalue weighted by Crippen LogP contribution is -1.97. The minimum absolute atomic E-state index is 0.655. The van der Waals surface area contributed by atoms with Gasteiger partial charge in [-0.15, -0.1) is 0 Å². The van der Waals surface area contributed by atoms with E-state index >= 15 is 0 Å². The van der Waals surface area contributed by atoms with Gasteiger partial charge in [0, 0.05) is 6.07 Å². The van der Waals surface area contributed by atoms with Gasteiger partial charge in [-0.05, 0) is 49.0 Å². The first-order chi connectivity index (χ1) is 10.1. The molecular weight excluding hydrogens is 284 g/mol. The first-order valence-electron chi connectivity index (χ1n) is 6.58. The summed E-state index contributed by atoms with van der Waals surface area (Å²) in [7, 11) is 3.25. The summed E-state index contributed by atoms with van der Waals surface area (Å²) in [6, 6.07) is 12.0. The van der Waals surface area contributed by atoms with E-state index in [1.807, 2.05) is 28.8 Å². The lowest BCUT2D eigenvalue weighted by atomic mass is 10.2. The van der Waals surface area contributed by atoms with E-state index in [1.165, 1.54) is 5.56 Å². The molecule has 0 aliphatic carbocycles. The highest BCUT2D eigenvalue weighted by molar-refractivity contribution is 7.71. The van der Waals surface area contributed by atoms with Crippen molar-refractivity contribution < 1.29 is 9.47 Å². The molecule has 21 heavy (non-hydrogen) atoms. The number of hydrogen-bond acceptors (Lipinski definition) is 3. The summed E-state index contributed by atoms with van der Waals surface area (Å²) in [5.74, 6) is 1.38. The molecule has 0 saturated carbocycles. The Balaban J connectivity index is 2.27. The van der Waals surface area contributed by atoms with Crippen LogP contribution in [0.4, 0.5) is 0 Å². The summed E-state index contributed by atoms with van der Waals surface area (Å²) in [4.78, 5) is 3.22. The maximum atomic E-state index is 5.45. The molecule has 0 spiro atoms. The van der Waals surface area contributed by atoms with Gasteiger partial charge in [0.15, 0.2) is 16.3 Å². The van der Waals surface area contributed by atoms with Crippen molar-refractivity contribution in [3.63, 3.8) is 0 Å². The molecule has 5 heteroatoms. The summed E-state index contributed by atoms with van der Waals surface area (Å²) < 4.78 is 13.3. The van der Waals surface area contributed by atoms with Gasteiger partial charge in [0.2, 0.25) is 0 Å². The normalized spacial score (nSPS) is 10.8. The smallest absolute Gasteiger partial charge is 0.182 e. The van der Waals surface area contributed by atoms with Crippen molar-refractivity contribution in [2.75, 3.05) is 14.2 Å². The Morgan fingerprint density at radius 3 is 2.48 bits per heavy atom. The lowest BCUT2D eigenvalue weighted by molar-refractivity contribution is 0.355. The number of fused-ring (bicyclic) bond motifs is 1. The number of methoxy groups -OCH3 is 2. The number of aryl methyl sites for hydroxylation is 1. The number of benzene rings is 2. The lowest BCUT2D eigenvalue weighted by Gasteiger charge is -2.11. The van der Waals surface area contributed by atoms with Crippen LogP contribution in [-0.4, -0.2) is 23.8 Å². The first kappa shape index (κ1) is 13.7. The Bertz CT molecular complexity index is 864. The third-order valence-corrected chi connectivity index (χ3v) is 3.75. The molecule has 0 unspecified atom stereocenters. The molecule has 3 rings (SSSR count). The second kappa shape index (κ2) is 5.26. The fourth-order valence-corrected chi connectivity index (χ4v) is 2.75. The summed E-state index contributed by atoms with van der Waals surface area (Å²) in [6.07, 6.45) is 0. The largest absolute Gasteiger partial charge is 0.493 e. The van der Waals surface area contributed by atoms with E-state index in [-0.39, 0.29) is 0 Å². The second-order valence-electron chi connectivity index (χ2n) is 4.83. The highest BCUT2D eigenvalue weighted by Crippen LogP contribution is 2.30. The highest BCUT2D eigenvalue weighted by Gasteiger charge is 2.10. The minimum Gasteiger partial charge on any atom is -0.493 e. The zero-order valence-corrected chi connectivity index (χ0v) is 13.0. The number of imidazole rings is 1. The Morgan fingerprint density at radius 2 is 1.76 bits per heavy atom. The van der Waals surface area contributed by atoms with Crippen LogP contribution in [0, 0.1) is 11.7 Å². The average Bonchev–Trinajstić information content (AvgIpc) is 2.81. The molecular formula is C16H16N2O2S. The molecule has 1 aromatic heterocycles. The fourth-order valence-electron chi connectivity index (χ4n) is 2.43. The molecule has 0 bridgehead atoms. The third kappa shape index (κ3) is 2.29. The number of rotatable bonds is 3. The molecule has 3 aromatic rings. The maximum Gasteiger partial charge on any atom is 0.182 e. The maximum absolute atomic E-state index is 5.45. The molecule has 0 amide bonds. The number of aromatic amines is 1. The van der Waals surface area contributed by atoms with Gasteiger partial charge in [-0.25, -0.2) is 0 Å². The van der Waals surface area contributed by atoms with Gasteiger partial charge in [0.05, 0.1) is 30.9 Å². The van der Waals surface area contributed by atoms with Crippen molar-refractivity contribution in [3.8, 4) is 17.2 Å². The van der Waals surface area contributed by atoms with Crippen LogP contribution < -0.4 is 9.47 Å². The Hall–Kier alpha value is -2.27. The predicted molar refractivity (Wildman–Crippen MR) is 86.3 cm³/mol. The van der Waals surface area contributed by atoms with E-state index < -0.39 is 0 Å². The molecule has 0 aliphatic rings. The van der Waals surface area contributed by atoms with E-state index in [4.69, 9.17) is 21.7 Å². The Kier molecular flexibility index (Phi) is 3.43. The summed E-state index contributed by atoms with van der Waals surface area (Å²) >= 11 is 5.45. The molecule has 0 saturated heterocycles. The average molecular weight is 300 g/mol. The van der Waals surface area contributed by atoms with E-state index in [9.17, 15) is 0 Å². The molecule has 2 aromatic carbocycles. The Labute approximate surface area is 127 Å². The summed E-state index contributed by atoms with van der Waals surface area (Å²) in [5, 5.41) is 0. The standard InChI is InChI=1S/C16H16N2O2S/c1-10-4-6-12-13(8-10)18(16(21)17-12)11-5-7-14(19-2)15(9-11)20-3/h4-9H,1-3H3,(H,17,21). The van der Waals surface area contributed by atoms with E-state index in [0.29, 0.717) is 16.3 Å². The minimum atomic E-state index is 0.655. The molecule has 1 N–H and O–H groups in total. The SMILES string of the molecule is COc1ccc(-n2c(=S)[nH]c3ccc(C)cc32)cc1OC. The van der Waals surface area contributed by atoms with Gasteiger partial charge < -0.3 is 14.5 Å². The molecule has 1 heterocycles. The second-order valence-corrected chi connectivity index (χ2v) is 5.21. The highest BCUT2D eigenvalue weighted by atomic mass is 32.1. The van der Waals surface area contributed by atoms with E-state index in [0.717, 1.165) is 16.7 Å². The van der Waals surface area contributed by atoms with Gasteiger partial charge in [-0.2, -0.15) is 0 Å². The number of hydrogen-bond donors (Lipinski definition) is 1. The molecule has 0 fully saturated rings. The zero-order valence-electron chi connectivity index (χ0n) is 12.1. The Morgan fingerprint density at radius 1 is 1.00 bits per heavy atom. The fraction of sp³-hybridized carbons (Fsp3) is 0.188. The van der Waals surface area contributed by atoms with Crippen LogP contribution in [-0.2, 0) is 0 Å². The molecule has 0 radical (unpaired) electrons. The predicted octanol–water partition coefficient (Wildman–Crippen LogP) is 4.01. The van der Waals surface area contributed by atoms with Gasteiger partial charge in [-0.3, -0.25) is 4.57 Å². The zero-order chi connectivity index (χ0) is 15.0. The quantitative estimate of drug-likeness (QED) is 0.743. The van der Waals surface area contributed by atoms with Crippen molar-refractivity contribution in [1.82, 2.24) is 9.55 Å². The monoisotopic (exact) mass is 300 g/mol. The van der Waals surface area contributed by atoms with Crippen molar-refractivity contribution in [2.45, 2.75) is 6.92 Å². The number of aromatic nitrogens is 2. The number of nitrogens with one attached hydrogen (secondary N) is 1. The van der Waals surface area contributed by atoms with Gasteiger partial charge in [-0.1, -0.05) is 6.07 Å². The van der Waals surface area contributed by atoms with Crippen molar-refractivity contribution in [1.29, 1.82) is 0 Å². The third-order valence-electron chi connectivity index (χ3n) is 3.46. The van der Waals surface area contributed by atoms with Crippen LogP contribution in [0.25, 0.3) is 16.7 Å². The van der Waals surface area contributed by atoms with Crippen molar-refractivity contribution >= 4 is 23.3 Å². The van der Waals surface area contributed by atoms with Gasteiger partial charge >= 0.3 is 0 Å². The summed E-state index contributed by atoms with van der Waals surface area (Å²) in [5.41, 5.74) is 4.19. The molecule has 4 nitrogen and oxygen atoms in total.